The third-order valence-electron chi connectivity index (χ3n) is 2.69. The Kier molecular flexibility index (Phi) is 5.32. The fraction of sp³-hybridized carbons (Fsp3) is 0.133. The first-order valence-corrected chi connectivity index (χ1v) is 7.71. The van der Waals surface area contributed by atoms with Crippen LogP contribution in [-0.2, 0) is 4.79 Å². The molecule has 3 nitrogen and oxygen atoms in total. The van der Waals surface area contributed by atoms with E-state index in [0.717, 1.165) is 5.69 Å². The molecular formula is C15H15ClN2OS. The van der Waals surface area contributed by atoms with Gasteiger partial charge in [-0.1, -0.05) is 23.7 Å². The molecule has 0 unspecified atom stereocenters. The molecule has 0 aliphatic carbocycles. The van der Waals surface area contributed by atoms with E-state index in [9.17, 15) is 4.79 Å². The van der Waals surface area contributed by atoms with Crippen LogP contribution >= 0.6 is 23.4 Å². The van der Waals surface area contributed by atoms with Crippen LogP contribution in [0, 0.1) is 0 Å². The average molecular weight is 307 g/mol. The molecule has 2 aromatic carbocycles. The summed E-state index contributed by atoms with van der Waals surface area (Å²) in [5.74, 6) is -0.132. The Balaban J connectivity index is 1.87. The second-order valence-corrected chi connectivity index (χ2v) is 5.40. The largest absolute Gasteiger partial charge is 0.376 e. The fourth-order valence-electron chi connectivity index (χ4n) is 1.65. The molecule has 0 aliphatic heterocycles. The smallest absolute Gasteiger partial charge is 0.243 e. The number of para-hydroxylation sites is 1. The van der Waals surface area contributed by atoms with E-state index in [2.05, 4.69) is 10.6 Å². The van der Waals surface area contributed by atoms with Crippen molar-refractivity contribution in [1.82, 2.24) is 0 Å². The van der Waals surface area contributed by atoms with Crippen molar-refractivity contribution in [3.05, 3.63) is 53.6 Å². The van der Waals surface area contributed by atoms with E-state index in [4.69, 9.17) is 11.6 Å². The van der Waals surface area contributed by atoms with Gasteiger partial charge in [-0.15, -0.1) is 11.8 Å². The molecule has 0 saturated carbocycles. The van der Waals surface area contributed by atoms with Crippen molar-refractivity contribution in [2.45, 2.75) is 4.90 Å². The lowest BCUT2D eigenvalue weighted by Gasteiger charge is -2.09. The number of amides is 1. The van der Waals surface area contributed by atoms with Crippen molar-refractivity contribution in [2.24, 2.45) is 0 Å². The topological polar surface area (TPSA) is 41.1 Å². The number of anilines is 2. The van der Waals surface area contributed by atoms with E-state index in [1.54, 1.807) is 23.9 Å². The van der Waals surface area contributed by atoms with Crippen molar-refractivity contribution < 1.29 is 4.79 Å². The van der Waals surface area contributed by atoms with E-state index in [0.29, 0.717) is 10.7 Å². The molecule has 0 radical (unpaired) electrons. The van der Waals surface area contributed by atoms with Gasteiger partial charge in [0.2, 0.25) is 5.91 Å². The lowest BCUT2D eigenvalue weighted by Crippen LogP contribution is -2.21. The van der Waals surface area contributed by atoms with E-state index in [1.165, 1.54) is 4.90 Å². The maximum Gasteiger partial charge on any atom is 0.243 e. The molecule has 2 aromatic rings. The van der Waals surface area contributed by atoms with Crippen LogP contribution in [0.1, 0.15) is 0 Å². The summed E-state index contributed by atoms with van der Waals surface area (Å²) in [6.07, 6.45) is 2.03. The van der Waals surface area contributed by atoms with Crippen molar-refractivity contribution in [2.75, 3.05) is 23.4 Å². The Morgan fingerprint density at radius 1 is 1.15 bits per heavy atom. The number of carbonyl (C=O) groups is 1. The standard InChI is InChI=1S/C15H15ClN2OS/c1-20-12-8-6-11(7-9-12)17-10-15(19)18-14-5-3-2-4-13(14)16/h2-9,17H,10H2,1H3,(H,18,19). The van der Waals surface area contributed by atoms with Gasteiger partial charge in [-0.3, -0.25) is 4.79 Å². The Morgan fingerprint density at radius 2 is 1.85 bits per heavy atom. The van der Waals surface area contributed by atoms with Crippen LogP contribution in [0.4, 0.5) is 11.4 Å². The molecule has 0 aromatic heterocycles. The van der Waals surface area contributed by atoms with Crippen molar-refractivity contribution in [3.8, 4) is 0 Å². The van der Waals surface area contributed by atoms with Crippen molar-refractivity contribution >= 4 is 40.6 Å². The predicted molar refractivity (Wildman–Crippen MR) is 86.8 cm³/mol. The highest BCUT2D eigenvalue weighted by molar-refractivity contribution is 7.98. The molecule has 20 heavy (non-hydrogen) atoms. The van der Waals surface area contributed by atoms with E-state index >= 15 is 0 Å². The SMILES string of the molecule is CSc1ccc(NCC(=O)Nc2ccccc2Cl)cc1. The van der Waals surface area contributed by atoms with Gasteiger partial charge in [0.05, 0.1) is 17.3 Å². The molecule has 0 atom stereocenters. The monoisotopic (exact) mass is 306 g/mol. The number of carbonyl (C=O) groups excluding carboxylic acids is 1. The summed E-state index contributed by atoms with van der Waals surface area (Å²) >= 11 is 7.66. The maximum absolute atomic E-state index is 11.8. The minimum absolute atomic E-state index is 0.132. The highest BCUT2D eigenvalue weighted by Gasteiger charge is 2.04. The zero-order valence-corrected chi connectivity index (χ0v) is 12.6. The summed E-state index contributed by atoms with van der Waals surface area (Å²) in [5, 5.41) is 6.37. The van der Waals surface area contributed by atoms with Gasteiger partial charge < -0.3 is 10.6 Å². The minimum atomic E-state index is -0.132. The summed E-state index contributed by atoms with van der Waals surface area (Å²) in [6.45, 7) is 0.198. The van der Waals surface area contributed by atoms with Crippen LogP contribution in [-0.4, -0.2) is 18.7 Å². The minimum Gasteiger partial charge on any atom is -0.376 e. The molecule has 0 aliphatic rings. The number of thioether (sulfide) groups is 1. The lowest BCUT2D eigenvalue weighted by atomic mass is 10.3. The third kappa shape index (κ3) is 4.18. The number of benzene rings is 2. The van der Waals surface area contributed by atoms with Gasteiger partial charge in [0.1, 0.15) is 0 Å². The summed E-state index contributed by atoms with van der Waals surface area (Å²) in [4.78, 5) is 13.0. The van der Waals surface area contributed by atoms with Gasteiger partial charge in [0.25, 0.3) is 0 Å². The molecule has 2 rings (SSSR count). The molecule has 0 bridgehead atoms. The van der Waals surface area contributed by atoms with Crippen LogP contribution in [0.3, 0.4) is 0 Å². The Morgan fingerprint density at radius 3 is 2.50 bits per heavy atom. The summed E-state index contributed by atoms with van der Waals surface area (Å²) < 4.78 is 0. The van der Waals surface area contributed by atoms with E-state index in [-0.39, 0.29) is 12.5 Å². The number of rotatable bonds is 5. The summed E-state index contributed by atoms with van der Waals surface area (Å²) in [7, 11) is 0. The second kappa shape index (κ2) is 7.22. The van der Waals surface area contributed by atoms with Crippen LogP contribution in [0.5, 0.6) is 0 Å². The molecule has 0 spiro atoms. The van der Waals surface area contributed by atoms with Gasteiger partial charge in [-0.25, -0.2) is 0 Å². The first kappa shape index (κ1) is 14.8. The molecule has 0 fully saturated rings. The van der Waals surface area contributed by atoms with Gasteiger partial charge in [0, 0.05) is 10.6 Å². The fourth-order valence-corrected chi connectivity index (χ4v) is 2.24. The zero-order valence-electron chi connectivity index (χ0n) is 11.0. The maximum atomic E-state index is 11.8. The molecule has 1 amide bonds. The Bertz CT molecular complexity index is 587. The summed E-state index contributed by atoms with van der Waals surface area (Å²) in [6, 6.07) is 15.1. The second-order valence-electron chi connectivity index (χ2n) is 4.11. The zero-order chi connectivity index (χ0) is 14.4. The van der Waals surface area contributed by atoms with Crippen LogP contribution in [0.25, 0.3) is 0 Å². The predicted octanol–water partition coefficient (Wildman–Crippen LogP) is 4.11. The quantitative estimate of drug-likeness (QED) is 0.817. The highest BCUT2D eigenvalue weighted by Crippen LogP contribution is 2.20. The normalized spacial score (nSPS) is 10.1. The molecule has 0 saturated heterocycles. The van der Waals surface area contributed by atoms with Crippen LogP contribution in [0.2, 0.25) is 5.02 Å². The van der Waals surface area contributed by atoms with E-state index < -0.39 is 0 Å². The number of hydrogen-bond donors (Lipinski definition) is 2. The van der Waals surface area contributed by atoms with Gasteiger partial charge in [-0.05, 0) is 42.7 Å². The molecule has 0 heterocycles. The Hall–Kier alpha value is -1.65. The van der Waals surface area contributed by atoms with Crippen LogP contribution < -0.4 is 10.6 Å². The number of halogens is 1. The molecule has 2 N–H and O–H groups in total. The third-order valence-corrected chi connectivity index (χ3v) is 3.76. The average Bonchev–Trinajstić information content (AvgIpc) is 2.48. The van der Waals surface area contributed by atoms with Crippen molar-refractivity contribution in [1.29, 1.82) is 0 Å². The first-order valence-electron chi connectivity index (χ1n) is 6.11. The molecular weight excluding hydrogens is 292 g/mol. The van der Waals surface area contributed by atoms with Gasteiger partial charge >= 0.3 is 0 Å². The molecule has 5 heteroatoms. The van der Waals surface area contributed by atoms with Gasteiger partial charge in [-0.2, -0.15) is 0 Å². The van der Waals surface area contributed by atoms with E-state index in [1.807, 2.05) is 42.7 Å². The van der Waals surface area contributed by atoms with Crippen LogP contribution in [0.15, 0.2) is 53.4 Å². The van der Waals surface area contributed by atoms with Crippen molar-refractivity contribution in [3.63, 3.8) is 0 Å². The molecule has 104 valence electrons. The number of hydrogen-bond acceptors (Lipinski definition) is 3. The number of nitrogens with one attached hydrogen (secondary N) is 2. The summed E-state index contributed by atoms with van der Waals surface area (Å²) in [5.41, 5.74) is 1.54. The van der Waals surface area contributed by atoms with Gasteiger partial charge in [0.15, 0.2) is 0 Å². The Labute approximate surface area is 127 Å². The first-order chi connectivity index (χ1) is 9.69. The lowest BCUT2D eigenvalue weighted by molar-refractivity contribution is -0.114. The highest BCUT2D eigenvalue weighted by atomic mass is 35.5.